The Hall–Kier alpha value is -1.76. The van der Waals surface area contributed by atoms with E-state index < -0.39 is 0 Å². The molecule has 0 aliphatic carbocycles. The van der Waals surface area contributed by atoms with E-state index in [1.807, 2.05) is 0 Å². The lowest BCUT2D eigenvalue weighted by atomic mass is 10.3. The van der Waals surface area contributed by atoms with Crippen LogP contribution in [0.1, 0.15) is 16.2 Å². The molecule has 0 spiro atoms. The van der Waals surface area contributed by atoms with E-state index in [-0.39, 0.29) is 18.2 Å². The van der Waals surface area contributed by atoms with Crippen LogP contribution in [0, 0.1) is 0 Å². The number of carbonyl (C=O) groups is 1. The lowest BCUT2D eigenvalue weighted by Crippen LogP contribution is -2.30. The van der Waals surface area contributed by atoms with Crippen molar-refractivity contribution in [1.82, 2.24) is 15.8 Å². The molecule has 1 aromatic carbocycles. The first kappa shape index (κ1) is 16.6. The normalized spacial score (nSPS) is 10.5. The minimum absolute atomic E-state index is 0.0697. The van der Waals surface area contributed by atoms with Crippen LogP contribution in [0.4, 0.5) is 0 Å². The number of halogens is 2. The highest BCUT2D eigenvalue weighted by Crippen LogP contribution is 2.32. The van der Waals surface area contributed by atoms with Crippen molar-refractivity contribution in [2.75, 3.05) is 20.1 Å². The highest BCUT2D eigenvalue weighted by atomic mass is 35.5. The summed E-state index contributed by atoms with van der Waals surface area (Å²) in [6.07, 6.45) is 0. The average Bonchev–Trinajstić information content (AvgIpc) is 2.96. The Morgan fingerprint density at radius 2 is 2.05 bits per heavy atom. The molecule has 2 N–H and O–H groups in total. The standard InChI is InChI=1S/C14H15Cl2N3O3/c1-17-5-6-18-14(20)12-7-9(22-19-12)8-21-13-10(15)3-2-4-11(13)16/h2-4,7,17H,5-6,8H2,1H3,(H,18,20). The van der Waals surface area contributed by atoms with Gasteiger partial charge in [-0.3, -0.25) is 4.79 Å². The van der Waals surface area contributed by atoms with Gasteiger partial charge >= 0.3 is 0 Å². The Bertz CT molecular complexity index is 626. The maximum Gasteiger partial charge on any atom is 0.273 e. The molecule has 1 amide bonds. The number of nitrogens with zero attached hydrogens (tertiary/aromatic N) is 1. The van der Waals surface area contributed by atoms with Gasteiger partial charge in [0.25, 0.3) is 5.91 Å². The maximum atomic E-state index is 11.8. The molecule has 0 aliphatic heterocycles. The predicted octanol–water partition coefficient (Wildman–Crippen LogP) is 2.51. The van der Waals surface area contributed by atoms with Gasteiger partial charge in [-0.15, -0.1) is 0 Å². The van der Waals surface area contributed by atoms with E-state index in [1.165, 1.54) is 6.07 Å². The third kappa shape index (κ3) is 4.37. The number of nitrogens with one attached hydrogen (secondary N) is 2. The second-order valence-corrected chi connectivity index (χ2v) is 5.19. The fraction of sp³-hybridized carbons (Fsp3) is 0.286. The Balaban J connectivity index is 1.93. The van der Waals surface area contributed by atoms with Crippen molar-refractivity contribution in [2.24, 2.45) is 0 Å². The summed E-state index contributed by atoms with van der Waals surface area (Å²) < 4.78 is 10.6. The predicted molar refractivity (Wildman–Crippen MR) is 83.6 cm³/mol. The average molecular weight is 344 g/mol. The highest BCUT2D eigenvalue weighted by molar-refractivity contribution is 6.37. The molecule has 0 saturated heterocycles. The third-order valence-electron chi connectivity index (χ3n) is 2.73. The quantitative estimate of drug-likeness (QED) is 0.755. The monoisotopic (exact) mass is 343 g/mol. The first-order valence-electron chi connectivity index (χ1n) is 6.57. The van der Waals surface area contributed by atoms with Crippen LogP contribution in [0.2, 0.25) is 10.0 Å². The van der Waals surface area contributed by atoms with Crippen molar-refractivity contribution >= 4 is 29.1 Å². The number of hydrogen-bond donors (Lipinski definition) is 2. The maximum absolute atomic E-state index is 11.8. The molecule has 22 heavy (non-hydrogen) atoms. The van der Waals surface area contributed by atoms with Crippen molar-refractivity contribution in [2.45, 2.75) is 6.61 Å². The lowest BCUT2D eigenvalue weighted by molar-refractivity contribution is 0.0944. The topological polar surface area (TPSA) is 76.4 Å². The molecule has 2 rings (SSSR count). The SMILES string of the molecule is CNCCNC(=O)c1cc(COc2c(Cl)cccc2Cl)on1. The first-order chi connectivity index (χ1) is 10.6. The van der Waals surface area contributed by atoms with Crippen LogP contribution in [-0.4, -0.2) is 31.2 Å². The number of carbonyl (C=O) groups excluding carboxylic acids is 1. The molecular formula is C14H15Cl2N3O3. The summed E-state index contributed by atoms with van der Waals surface area (Å²) in [5.41, 5.74) is 0.194. The summed E-state index contributed by atoms with van der Waals surface area (Å²) in [4.78, 5) is 11.8. The Kier molecular flexibility index (Phi) is 6.06. The van der Waals surface area contributed by atoms with Crippen molar-refractivity contribution in [3.63, 3.8) is 0 Å². The van der Waals surface area contributed by atoms with E-state index in [0.717, 1.165) is 0 Å². The van der Waals surface area contributed by atoms with Crippen molar-refractivity contribution < 1.29 is 14.1 Å². The molecule has 0 atom stereocenters. The number of ether oxygens (including phenoxy) is 1. The number of amides is 1. The van der Waals surface area contributed by atoms with E-state index in [0.29, 0.717) is 34.6 Å². The van der Waals surface area contributed by atoms with E-state index in [1.54, 1.807) is 25.2 Å². The van der Waals surface area contributed by atoms with E-state index in [9.17, 15) is 4.79 Å². The Morgan fingerprint density at radius 1 is 1.32 bits per heavy atom. The zero-order valence-electron chi connectivity index (χ0n) is 11.9. The molecule has 1 aromatic heterocycles. The van der Waals surface area contributed by atoms with E-state index >= 15 is 0 Å². The zero-order valence-corrected chi connectivity index (χ0v) is 13.4. The molecule has 0 aliphatic rings. The van der Waals surface area contributed by atoms with Gasteiger partial charge in [0.05, 0.1) is 10.0 Å². The number of likely N-dealkylation sites (N-methyl/N-ethyl adjacent to an activating group) is 1. The van der Waals surface area contributed by atoms with Gasteiger partial charge in [0.1, 0.15) is 6.61 Å². The van der Waals surface area contributed by atoms with Gasteiger partial charge < -0.3 is 19.9 Å². The lowest BCUT2D eigenvalue weighted by Gasteiger charge is -2.07. The number of aromatic nitrogens is 1. The van der Waals surface area contributed by atoms with Gasteiger partial charge in [-0.1, -0.05) is 34.4 Å². The molecule has 2 aromatic rings. The van der Waals surface area contributed by atoms with Crippen LogP contribution in [0.15, 0.2) is 28.8 Å². The minimum atomic E-state index is -0.305. The molecule has 118 valence electrons. The van der Waals surface area contributed by atoms with E-state index in [4.69, 9.17) is 32.5 Å². The highest BCUT2D eigenvalue weighted by Gasteiger charge is 2.13. The first-order valence-corrected chi connectivity index (χ1v) is 7.32. The van der Waals surface area contributed by atoms with Gasteiger partial charge in [-0.2, -0.15) is 0 Å². The Morgan fingerprint density at radius 3 is 2.73 bits per heavy atom. The summed E-state index contributed by atoms with van der Waals surface area (Å²) in [7, 11) is 1.80. The number of rotatable bonds is 7. The molecule has 1 heterocycles. The second kappa shape index (κ2) is 8.03. The van der Waals surface area contributed by atoms with Crippen molar-refractivity contribution in [1.29, 1.82) is 0 Å². The van der Waals surface area contributed by atoms with Crippen LogP contribution in [0.3, 0.4) is 0 Å². The van der Waals surface area contributed by atoms with E-state index in [2.05, 4.69) is 15.8 Å². The summed E-state index contributed by atoms with van der Waals surface area (Å²) in [6, 6.07) is 6.58. The third-order valence-corrected chi connectivity index (χ3v) is 3.33. The number of hydrogen-bond acceptors (Lipinski definition) is 5. The number of benzene rings is 1. The number of para-hydroxylation sites is 1. The summed E-state index contributed by atoms with van der Waals surface area (Å²) in [6.45, 7) is 1.24. The summed E-state index contributed by atoms with van der Waals surface area (Å²) in [5, 5.41) is 10.1. The molecule has 0 saturated carbocycles. The zero-order chi connectivity index (χ0) is 15.9. The van der Waals surface area contributed by atoms with Crippen LogP contribution in [0.5, 0.6) is 5.75 Å². The van der Waals surface area contributed by atoms with Gasteiger partial charge in [0, 0.05) is 19.2 Å². The van der Waals surface area contributed by atoms with Crippen LogP contribution < -0.4 is 15.4 Å². The largest absolute Gasteiger partial charge is 0.482 e. The molecule has 0 bridgehead atoms. The van der Waals surface area contributed by atoms with Crippen molar-refractivity contribution in [3.05, 3.63) is 45.8 Å². The van der Waals surface area contributed by atoms with Gasteiger partial charge in [0.15, 0.2) is 17.2 Å². The minimum Gasteiger partial charge on any atom is -0.482 e. The van der Waals surface area contributed by atoms with Crippen LogP contribution >= 0.6 is 23.2 Å². The molecule has 0 fully saturated rings. The summed E-state index contributed by atoms with van der Waals surface area (Å²) in [5.74, 6) is 0.457. The fourth-order valence-electron chi connectivity index (χ4n) is 1.64. The summed E-state index contributed by atoms with van der Waals surface area (Å²) >= 11 is 12.0. The Labute approximate surface area is 137 Å². The second-order valence-electron chi connectivity index (χ2n) is 4.38. The van der Waals surface area contributed by atoms with Crippen LogP contribution in [-0.2, 0) is 6.61 Å². The van der Waals surface area contributed by atoms with Gasteiger partial charge in [-0.05, 0) is 19.2 Å². The van der Waals surface area contributed by atoms with Crippen LogP contribution in [0.25, 0.3) is 0 Å². The molecule has 0 radical (unpaired) electrons. The molecule has 0 unspecified atom stereocenters. The fourth-order valence-corrected chi connectivity index (χ4v) is 2.15. The molecular weight excluding hydrogens is 329 g/mol. The molecule has 6 nitrogen and oxygen atoms in total. The van der Waals surface area contributed by atoms with Gasteiger partial charge in [-0.25, -0.2) is 0 Å². The van der Waals surface area contributed by atoms with Gasteiger partial charge in [0.2, 0.25) is 0 Å². The van der Waals surface area contributed by atoms with Crippen molar-refractivity contribution in [3.8, 4) is 5.75 Å². The smallest absolute Gasteiger partial charge is 0.273 e. The molecule has 8 heteroatoms.